The minimum Gasteiger partial charge on any atom is -0.479 e. The van der Waals surface area contributed by atoms with Crippen LogP contribution in [0.2, 0.25) is 0 Å². The quantitative estimate of drug-likeness (QED) is 0.743. The topological polar surface area (TPSA) is 83.3 Å². The number of rotatable bonds is 1. The van der Waals surface area contributed by atoms with Gasteiger partial charge in [0, 0.05) is 34.8 Å². The van der Waals surface area contributed by atoms with E-state index in [-0.39, 0.29) is 22.4 Å². The molecule has 15 heavy (non-hydrogen) atoms. The molecule has 0 aliphatic carbocycles. The van der Waals surface area contributed by atoms with Crippen LogP contribution in [0.4, 0.5) is 0 Å². The monoisotopic (exact) mass is 305 g/mol. The molecule has 2 N–H and O–H groups in total. The molecule has 1 rings (SSSR count). The number of aryl methyl sites for hydroxylation is 1. The van der Waals surface area contributed by atoms with E-state index in [9.17, 15) is 4.79 Å². The van der Waals surface area contributed by atoms with Gasteiger partial charge in [-0.15, -0.1) is 0 Å². The summed E-state index contributed by atoms with van der Waals surface area (Å²) in [5, 5.41) is 16.5. The Morgan fingerprint density at radius 2 is 1.67 bits per heavy atom. The fourth-order valence-electron chi connectivity index (χ4n) is 0.374. The van der Waals surface area contributed by atoms with Gasteiger partial charge >= 0.3 is 5.97 Å². The molecule has 0 spiro atoms. The SMILES string of the molecule is CC(C)(O)C(=O)O.Cc1ncccn1.[Ag]. The van der Waals surface area contributed by atoms with E-state index in [1.165, 1.54) is 13.8 Å². The van der Waals surface area contributed by atoms with E-state index in [4.69, 9.17) is 10.2 Å². The second kappa shape index (κ2) is 7.53. The van der Waals surface area contributed by atoms with Gasteiger partial charge in [-0.25, -0.2) is 14.8 Å². The molecule has 1 aromatic heterocycles. The maximum absolute atomic E-state index is 9.77. The Hall–Kier alpha value is -0.750. The number of aromatic nitrogens is 2. The van der Waals surface area contributed by atoms with E-state index in [1.807, 2.05) is 6.92 Å². The molecular formula is C9H14AgN2O3. The van der Waals surface area contributed by atoms with E-state index in [1.54, 1.807) is 18.5 Å². The summed E-state index contributed by atoms with van der Waals surface area (Å²) in [6.45, 7) is 4.30. The summed E-state index contributed by atoms with van der Waals surface area (Å²) in [4.78, 5) is 17.5. The molecule has 0 amide bonds. The van der Waals surface area contributed by atoms with Gasteiger partial charge in [0.2, 0.25) is 0 Å². The van der Waals surface area contributed by atoms with Crippen molar-refractivity contribution < 1.29 is 37.4 Å². The molecule has 1 heterocycles. The fraction of sp³-hybridized carbons (Fsp3) is 0.444. The van der Waals surface area contributed by atoms with E-state index in [2.05, 4.69) is 9.97 Å². The van der Waals surface area contributed by atoms with Gasteiger partial charge in [-0.3, -0.25) is 0 Å². The summed E-state index contributed by atoms with van der Waals surface area (Å²) in [6.07, 6.45) is 3.45. The van der Waals surface area contributed by atoms with Crippen LogP contribution in [-0.4, -0.2) is 31.8 Å². The number of nitrogens with zero attached hydrogens (tertiary/aromatic N) is 2. The molecule has 0 atom stereocenters. The van der Waals surface area contributed by atoms with Crippen molar-refractivity contribution in [2.24, 2.45) is 0 Å². The number of carbonyl (C=O) groups is 1. The molecule has 0 fully saturated rings. The number of hydrogen-bond acceptors (Lipinski definition) is 4. The zero-order valence-electron chi connectivity index (χ0n) is 8.73. The van der Waals surface area contributed by atoms with Crippen molar-refractivity contribution in [1.82, 2.24) is 9.97 Å². The van der Waals surface area contributed by atoms with Gasteiger partial charge in [-0.2, -0.15) is 0 Å². The Morgan fingerprint density at radius 1 is 1.33 bits per heavy atom. The number of hydrogen-bond donors (Lipinski definition) is 2. The van der Waals surface area contributed by atoms with Crippen LogP contribution in [0.1, 0.15) is 19.7 Å². The number of aliphatic carboxylic acids is 1. The molecule has 0 bridgehead atoms. The third-order valence-electron chi connectivity index (χ3n) is 1.22. The maximum atomic E-state index is 9.77. The Morgan fingerprint density at radius 3 is 1.80 bits per heavy atom. The number of carboxylic acids is 1. The molecular weight excluding hydrogens is 292 g/mol. The van der Waals surface area contributed by atoms with Crippen molar-refractivity contribution in [1.29, 1.82) is 0 Å². The second-order valence-corrected chi connectivity index (χ2v) is 3.16. The molecule has 5 nitrogen and oxygen atoms in total. The van der Waals surface area contributed by atoms with Gasteiger partial charge in [-0.05, 0) is 26.8 Å². The number of carboxylic acid groups (broad SMARTS) is 1. The molecule has 1 radical (unpaired) electrons. The van der Waals surface area contributed by atoms with E-state index in [0.717, 1.165) is 5.82 Å². The molecule has 0 aliphatic heterocycles. The first-order valence-corrected chi connectivity index (χ1v) is 4.03. The summed E-state index contributed by atoms with van der Waals surface area (Å²) in [6, 6.07) is 1.80. The molecule has 0 saturated carbocycles. The van der Waals surface area contributed by atoms with Crippen molar-refractivity contribution in [2.45, 2.75) is 26.4 Å². The van der Waals surface area contributed by atoms with Crippen molar-refractivity contribution in [3.63, 3.8) is 0 Å². The zero-order chi connectivity index (χ0) is 11.2. The maximum Gasteiger partial charge on any atom is 0.335 e. The summed E-state index contributed by atoms with van der Waals surface area (Å²) >= 11 is 0. The largest absolute Gasteiger partial charge is 0.479 e. The van der Waals surface area contributed by atoms with Crippen molar-refractivity contribution in [3.8, 4) is 0 Å². The summed E-state index contributed by atoms with van der Waals surface area (Å²) in [7, 11) is 0. The average molecular weight is 306 g/mol. The molecule has 0 saturated heterocycles. The molecule has 89 valence electrons. The average Bonchev–Trinajstić information content (AvgIpc) is 2.04. The van der Waals surface area contributed by atoms with Crippen LogP contribution >= 0.6 is 0 Å². The zero-order valence-corrected chi connectivity index (χ0v) is 10.2. The van der Waals surface area contributed by atoms with Gasteiger partial charge < -0.3 is 10.2 Å². The number of aliphatic hydroxyl groups is 1. The summed E-state index contributed by atoms with van der Waals surface area (Å²) in [5.41, 5.74) is -1.58. The predicted molar refractivity (Wildman–Crippen MR) is 50.7 cm³/mol. The third kappa shape index (κ3) is 9.55. The van der Waals surface area contributed by atoms with Crippen LogP contribution in [0.15, 0.2) is 18.5 Å². The van der Waals surface area contributed by atoms with E-state index in [0.29, 0.717) is 0 Å². The third-order valence-corrected chi connectivity index (χ3v) is 1.22. The van der Waals surface area contributed by atoms with Crippen LogP contribution in [0, 0.1) is 6.92 Å². The van der Waals surface area contributed by atoms with Gasteiger partial charge in [0.1, 0.15) is 5.82 Å². The van der Waals surface area contributed by atoms with Gasteiger partial charge in [0.05, 0.1) is 0 Å². The smallest absolute Gasteiger partial charge is 0.335 e. The Bertz CT molecular complexity index is 285. The summed E-state index contributed by atoms with van der Waals surface area (Å²) in [5.74, 6) is -0.380. The second-order valence-electron chi connectivity index (χ2n) is 3.16. The predicted octanol–water partition coefficient (Wildman–Crippen LogP) is 0.624. The van der Waals surface area contributed by atoms with Crippen LogP contribution in [0.3, 0.4) is 0 Å². The van der Waals surface area contributed by atoms with Crippen molar-refractivity contribution in [2.75, 3.05) is 0 Å². The van der Waals surface area contributed by atoms with Crippen LogP contribution in [-0.2, 0) is 27.2 Å². The fourth-order valence-corrected chi connectivity index (χ4v) is 0.374. The molecule has 0 aromatic carbocycles. The van der Waals surface area contributed by atoms with Crippen molar-refractivity contribution in [3.05, 3.63) is 24.3 Å². The van der Waals surface area contributed by atoms with E-state index >= 15 is 0 Å². The van der Waals surface area contributed by atoms with Gasteiger partial charge in [0.25, 0.3) is 0 Å². The van der Waals surface area contributed by atoms with Crippen LogP contribution < -0.4 is 0 Å². The normalized spacial score (nSPS) is 9.33. The Kier molecular flexibility index (Phi) is 8.37. The first kappa shape index (κ1) is 16.7. The molecule has 0 aliphatic rings. The standard InChI is InChI=1S/C5H6N2.C4H8O3.Ag/c1-5-6-3-2-4-7-5;1-4(2,7)3(5)6;/h2-4H,1H3;7H,1-2H3,(H,5,6);. The minimum atomic E-state index is -1.58. The molecule has 0 unspecified atom stereocenters. The summed E-state index contributed by atoms with van der Waals surface area (Å²) < 4.78 is 0. The Balaban J connectivity index is 0. The van der Waals surface area contributed by atoms with Gasteiger partial charge in [0.15, 0.2) is 5.60 Å². The Labute approximate surface area is 104 Å². The van der Waals surface area contributed by atoms with Crippen LogP contribution in [0.5, 0.6) is 0 Å². The minimum absolute atomic E-state index is 0. The van der Waals surface area contributed by atoms with E-state index < -0.39 is 11.6 Å². The van der Waals surface area contributed by atoms with Crippen molar-refractivity contribution >= 4 is 5.97 Å². The van der Waals surface area contributed by atoms with Gasteiger partial charge in [-0.1, -0.05) is 0 Å². The van der Waals surface area contributed by atoms with Crippen LogP contribution in [0.25, 0.3) is 0 Å². The molecule has 6 heteroatoms. The first-order valence-electron chi connectivity index (χ1n) is 4.03. The molecule has 1 aromatic rings. The first-order chi connectivity index (χ1) is 6.34.